The van der Waals surface area contributed by atoms with Crippen LogP contribution in [0.3, 0.4) is 0 Å². The van der Waals surface area contributed by atoms with E-state index in [2.05, 4.69) is 38.1 Å². The molecule has 0 amide bonds. The maximum Gasteiger partial charge on any atom is 0.225 e. The number of anilines is 2. The van der Waals surface area contributed by atoms with Gasteiger partial charge in [-0.1, -0.05) is 26.2 Å². The van der Waals surface area contributed by atoms with E-state index in [0.717, 1.165) is 11.1 Å². The Balaban J connectivity index is 1.96. The lowest BCUT2D eigenvalue weighted by molar-refractivity contribution is 0.233. The minimum atomic E-state index is 0.374. The van der Waals surface area contributed by atoms with Crippen LogP contribution in [0.1, 0.15) is 39.0 Å². The lowest BCUT2D eigenvalue weighted by atomic mass is 9.76. The van der Waals surface area contributed by atoms with Gasteiger partial charge in [-0.25, -0.2) is 4.98 Å². The van der Waals surface area contributed by atoms with Gasteiger partial charge in [-0.2, -0.15) is 4.98 Å². The topological polar surface area (TPSA) is 63.8 Å². The molecular formula is C12H19BrN4. The number of nitrogen functional groups attached to an aromatic ring is 1. The highest BCUT2D eigenvalue weighted by Crippen LogP contribution is 2.35. The quantitative estimate of drug-likeness (QED) is 0.841. The Morgan fingerprint density at radius 2 is 2.06 bits per heavy atom. The van der Waals surface area contributed by atoms with E-state index in [1.54, 1.807) is 6.07 Å². The molecule has 94 valence electrons. The summed E-state index contributed by atoms with van der Waals surface area (Å²) >= 11 is 3.32. The molecule has 5 heteroatoms. The summed E-state index contributed by atoms with van der Waals surface area (Å²) in [6.45, 7) is 3.25. The van der Waals surface area contributed by atoms with Crippen molar-refractivity contribution in [3.63, 3.8) is 0 Å². The van der Waals surface area contributed by atoms with Gasteiger partial charge in [-0.05, 0) is 34.2 Å². The van der Waals surface area contributed by atoms with Crippen LogP contribution in [0.4, 0.5) is 11.8 Å². The maximum atomic E-state index is 5.68. The average molecular weight is 299 g/mol. The molecule has 1 saturated carbocycles. The van der Waals surface area contributed by atoms with E-state index in [1.807, 2.05) is 0 Å². The molecule has 1 aromatic rings. The van der Waals surface area contributed by atoms with E-state index in [9.17, 15) is 0 Å². The molecule has 0 aliphatic heterocycles. The Bertz CT molecular complexity index is 368. The van der Waals surface area contributed by atoms with Crippen LogP contribution in [0.5, 0.6) is 0 Å². The zero-order valence-electron chi connectivity index (χ0n) is 10.2. The van der Waals surface area contributed by atoms with Gasteiger partial charge in [0.15, 0.2) is 0 Å². The lowest BCUT2D eigenvalue weighted by Gasteiger charge is -2.33. The predicted molar refractivity (Wildman–Crippen MR) is 73.8 cm³/mol. The van der Waals surface area contributed by atoms with Crippen molar-refractivity contribution in [3.05, 3.63) is 10.7 Å². The van der Waals surface area contributed by atoms with Crippen LogP contribution in [0, 0.1) is 5.41 Å². The van der Waals surface area contributed by atoms with Gasteiger partial charge in [-0.3, -0.25) is 0 Å². The molecule has 0 bridgehead atoms. The summed E-state index contributed by atoms with van der Waals surface area (Å²) in [5.74, 6) is 1.10. The third kappa shape index (κ3) is 3.56. The molecule has 0 atom stereocenters. The zero-order chi connectivity index (χ0) is 12.3. The molecule has 0 spiro atoms. The van der Waals surface area contributed by atoms with E-state index >= 15 is 0 Å². The number of nitrogens with zero attached hydrogens (tertiary/aromatic N) is 2. The predicted octanol–water partition coefficient (Wildman–Crippen LogP) is 3.20. The fourth-order valence-corrected chi connectivity index (χ4v) is 2.79. The van der Waals surface area contributed by atoms with E-state index in [1.165, 1.54) is 32.1 Å². The SMILES string of the molecule is CC1(CNc2nc(N)cc(Br)n2)CCCCC1. The summed E-state index contributed by atoms with van der Waals surface area (Å²) in [5, 5.41) is 3.30. The summed E-state index contributed by atoms with van der Waals surface area (Å²) in [6.07, 6.45) is 6.60. The number of nitrogens with one attached hydrogen (secondary N) is 1. The van der Waals surface area contributed by atoms with Crippen molar-refractivity contribution < 1.29 is 0 Å². The van der Waals surface area contributed by atoms with Crippen LogP contribution in [0.2, 0.25) is 0 Å². The molecule has 1 aliphatic carbocycles. The van der Waals surface area contributed by atoms with E-state index < -0.39 is 0 Å². The van der Waals surface area contributed by atoms with E-state index in [-0.39, 0.29) is 0 Å². The molecule has 17 heavy (non-hydrogen) atoms. The summed E-state index contributed by atoms with van der Waals surface area (Å²) in [4.78, 5) is 8.44. The van der Waals surface area contributed by atoms with Crippen LogP contribution in [-0.4, -0.2) is 16.5 Å². The Morgan fingerprint density at radius 3 is 2.71 bits per heavy atom. The second kappa shape index (κ2) is 5.21. The van der Waals surface area contributed by atoms with Crippen LogP contribution in [0.25, 0.3) is 0 Å². The standard InChI is InChI=1S/C12H19BrN4/c1-12(5-3-2-4-6-12)8-15-11-16-9(13)7-10(14)17-11/h7H,2-6,8H2,1H3,(H3,14,15,16,17). The van der Waals surface area contributed by atoms with E-state index in [4.69, 9.17) is 5.73 Å². The van der Waals surface area contributed by atoms with Crippen molar-refractivity contribution in [2.45, 2.75) is 39.0 Å². The van der Waals surface area contributed by atoms with Gasteiger partial charge in [0.1, 0.15) is 10.4 Å². The zero-order valence-corrected chi connectivity index (χ0v) is 11.8. The molecule has 2 rings (SSSR count). The first kappa shape index (κ1) is 12.6. The Hall–Kier alpha value is -0.840. The summed E-state index contributed by atoms with van der Waals surface area (Å²) in [5.41, 5.74) is 6.05. The number of aromatic nitrogens is 2. The number of rotatable bonds is 3. The number of hydrogen-bond acceptors (Lipinski definition) is 4. The third-order valence-corrected chi connectivity index (χ3v) is 3.85. The smallest absolute Gasteiger partial charge is 0.225 e. The molecule has 3 N–H and O–H groups in total. The van der Waals surface area contributed by atoms with Gasteiger partial charge in [0.05, 0.1) is 0 Å². The molecule has 0 unspecified atom stereocenters. The van der Waals surface area contributed by atoms with Crippen molar-refractivity contribution in [1.82, 2.24) is 9.97 Å². The number of halogens is 1. The fourth-order valence-electron chi connectivity index (χ4n) is 2.39. The second-order valence-electron chi connectivity index (χ2n) is 5.16. The molecule has 1 fully saturated rings. The molecule has 4 nitrogen and oxygen atoms in total. The van der Waals surface area contributed by atoms with Crippen molar-refractivity contribution in [2.24, 2.45) is 5.41 Å². The second-order valence-corrected chi connectivity index (χ2v) is 5.98. The summed E-state index contributed by atoms with van der Waals surface area (Å²) in [6, 6.07) is 1.70. The van der Waals surface area contributed by atoms with Crippen molar-refractivity contribution >= 4 is 27.7 Å². The van der Waals surface area contributed by atoms with Crippen molar-refractivity contribution in [1.29, 1.82) is 0 Å². The molecule has 0 radical (unpaired) electrons. The first-order chi connectivity index (χ1) is 8.07. The summed E-state index contributed by atoms with van der Waals surface area (Å²) in [7, 11) is 0. The van der Waals surface area contributed by atoms with Crippen molar-refractivity contribution in [3.8, 4) is 0 Å². The summed E-state index contributed by atoms with van der Waals surface area (Å²) < 4.78 is 0.723. The molecule has 1 heterocycles. The van der Waals surface area contributed by atoms with Crippen LogP contribution < -0.4 is 11.1 Å². The molecule has 1 aromatic heterocycles. The van der Waals surface area contributed by atoms with Crippen molar-refractivity contribution in [2.75, 3.05) is 17.6 Å². The Kier molecular flexibility index (Phi) is 3.86. The first-order valence-corrected chi connectivity index (χ1v) is 6.91. The van der Waals surface area contributed by atoms with E-state index in [0.29, 0.717) is 17.2 Å². The highest BCUT2D eigenvalue weighted by atomic mass is 79.9. The van der Waals surface area contributed by atoms with Crippen LogP contribution in [-0.2, 0) is 0 Å². The lowest BCUT2D eigenvalue weighted by Crippen LogP contribution is -2.29. The highest BCUT2D eigenvalue weighted by molar-refractivity contribution is 9.10. The minimum Gasteiger partial charge on any atom is -0.383 e. The van der Waals surface area contributed by atoms with Gasteiger partial charge < -0.3 is 11.1 Å². The fraction of sp³-hybridized carbons (Fsp3) is 0.667. The first-order valence-electron chi connectivity index (χ1n) is 6.11. The molecular weight excluding hydrogens is 280 g/mol. The van der Waals surface area contributed by atoms with Gasteiger partial charge in [0, 0.05) is 12.6 Å². The average Bonchev–Trinajstić information content (AvgIpc) is 2.26. The van der Waals surface area contributed by atoms with Crippen LogP contribution in [0.15, 0.2) is 10.7 Å². The third-order valence-electron chi connectivity index (χ3n) is 3.45. The number of nitrogens with two attached hydrogens (primary N) is 1. The largest absolute Gasteiger partial charge is 0.383 e. The van der Waals surface area contributed by atoms with Gasteiger partial charge in [0.25, 0.3) is 0 Å². The van der Waals surface area contributed by atoms with Gasteiger partial charge >= 0.3 is 0 Å². The van der Waals surface area contributed by atoms with Crippen LogP contribution >= 0.6 is 15.9 Å². The maximum absolute atomic E-state index is 5.68. The van der Waals surface area contributed by atoms with Gasteiger partial charge in [0.2, 0.25) is 5.95 Å². The Morgan fingerprint density at radius 1 is 1.35 bits per heavy atom. The number of hydrogen-bond donors (Lipinski definition) is 2. The Labute approximate surface area is 111 Å². The molecule has 0 aromatic carbocycles. The minimum absolute atomic E-state index is 0.374. The monoisotopic (exact) mass is 298 g/mol. The molecule has 1 aliphatic rings. The normalized spacial score (nSPS) is 18.9. The van der Waals surface area contributed by atoms with Gasteiger partial charge in [-0.15, -0.1) is 0 Å². The molecule has 0 saturated heterocycles. The highest BCUT2D eigenvalue weighted by Gasteiger charge is 2.26.